The summed E-state index contributed by atoms with van der Waals surface area (Å²) >= 11 is 22.8. The Morgan fingerprint density at radius 2 is 1.82 bits per heavy atom. The van der Waals surface area contributed by atoms with Crippen LogP contribution in [0.2, 0.25) is 0 Å². The summed E-state index contributed by atoms with van der Waals surface area (Å²) in [7, 11) is 1.51. The summed E-state index contributed by atoms with van der Waals surface area (Å²) in [4.78, 5) is 13.1. The van der Waals surface area contributed by atoms with E-state index in [2.05, 4.69) is 5.32 Å². The molecule has 0 aromatic heterocycles. The van der Waals surface area contributed by atoms with Crippen molar-refractivity contribution in [2.45, 2.75) is 47.4 Å². The number of carbonyl (C=O) groups excluding carboxylic acids is 1. The largest absolute Gasteiger partial charge is 0.335 e. The Morgan fingerprint density at radius 1 is 1.29 bits per heavy atom. The van der Waals surface area contributed by atoms with E-state index in [1.807, 2.05) is 0 Å². The van der Waals surface area contributed by atoms with Gasteiger partial charge in [-0.05, 0) is 12.8 Å². The molecular formula is C10H16Cl4N2O. The molecule has 0 radical (unpaired) electrons. The van der Waals surface area contributed by atoms with Crippen LogP contribution in [0.1, 0.15) is 32.1 Å². The number of halogens is 4. The zero-order chi connectivity index (χ0) is 13.1. The predicted molar refractivity (Wildman–Crippen MR) is 73.1 cm³/mol. The van der Waals surface area contributed by atoms with E-state index in [1.54, 1.807) is 0 Å². The van der Waals surface area contributed by atoms with Crippen molar-refractivity contribution < 1.29 is 4.79 Å². The van der Waals surface area contributed by atoms with Gasteiger partial charge in [0.05, 0.1) is 0 Å². The summed E-state index contributed by atoms with van der Waals surface area (Å²) in [5.74, 6) is 0. The number of hydrogen-bond acceptors (Lipinski definition) is 1. The van der Waals surface area contributed by atoms with Gasteiger partial charge < -0.3 is 10.2 Å². The maximum Gasteiger partial charge on any atom is 0.318 e. The van der Waals surface area contributed by atoms with Gasteiger partial charge in [-0.15, -0.1) is 0 Å². The summed E-state index contributed by atoms with van der Waals surface area (Å²) in [6.07, 6.45) is 5.52. The minimum atomic E-state index is -1.69. The fourth-order valence-corrected chi connectivity index (χ4v) is 2.37. The normalized spacial score (nSPS) is 19.8. The van der Waals surface area contributed by atoms with Crippen LogP contribution >= 0.6 is 46.4 Å². The van der Waals surface area contributed by atoms with Gasteiger partial charge in [-0.1, -0.05) is 65.7 Å². The van der Waals surface area contributed by atoms with E-state index < -0.39 is 9.29 Å². The molecule has 2 amide bonds. The molecule has 1 unspecified atom stereocenters. The molecule has 0 aliphatic heterocycles. The molecule has 0 spiro atoms. The monoisotopic (exact) mass is 320 g/mol. The molecule has 1 atom stereocenters. The third-order valence-corrected chi connectivity index (χ3v) is 4.44. The number of amides is 2. The second-order valence-corrected chi connectivity index (χ2v) is 7.06. The van der Waals surface area contributed by atoms with Gasteiger partial charge in [0.2, 0.25) is 3.79 Å². The molecule has 0 aromatic rings. The number of carbonyl (C=O) groups is 1. The van der Waals surface area contributed by atoms with Crippen molar-refractivity contribution in [2.24, 2.45) is 0 Å². The van der Waals surface area contributed by atoms with E-state index in [1.165, 1.54) is 18.4 Å². The van der Waals surface area contributed by atoms with E-state index in [9.17, 15) is 4.79 Å². The predicted octanol–water partition coefficient (Wildman–Crippen LogP) is 3.90. The third-order valence-electron chi connectivity index (χ3n) is 2.86. The first-order valence-corrected chi connectivity index (χ1v) is 7.13. The average Bonchev–Trinajstić information content (AvgIpc) is 2.27. The lowest BCUT2D eigenvalue weighted by Gasteiger charge is -2.31. The number of nitrogens with zero attached hydrogens (tertiary/aromatic N) is 1. The van der Waals surface area contributed by atoms with Crippen LogP contribution in [0, 0.1) is 0 Å². The zero-order valence-electron chi connectivity index (χ0n) is 9.56. The molecule has 100 valence electrons. The highest BCUT2D eigenvalue weighted by Gasteiger charge is 2.36. The van der Waals surface area contributed by atoms with Crippen LogP contribution in [0.25, 0.3) is 0 Å². The van der Waals surface area contributed by atoms with Gasteiger partial charge in [-0.25, -0.2) is 4.79 Å². The highest BCUT2D eigenvalue weighted by atomic mass is 35.6. The number of rotatable bonds is 2. The van der Waals surface area contributed by atoms with Crippen molar-refractivity contribution in [3.8, 4) is 0 Å². The van der Waals surface area contributed by atoms with Crippen molar-refractivity contribution in [3.63, 3.8) is 0 Å². The summed E-state index contributed by atoms with van der Waals surface area (Å²) in [5, 5.41) is 2.90. The molecule has 7 heteroatoms. The van der Waals surface area contributed by atoms with E-state index in [0.717, 1.165) is 25.7 Å². The van der Waals surface area contributed by atoms with Crippen LogP contribution in [0.4, 0.5) is 4.79 Å². The van der Waals surface area contributed by atoms with Crippen LogP contribution < -0.4 is 5.32 Å². The Labute approximate surface area is 122 Å². The molecular weight excluding hydrogens is 306 g/mol. The smallest absolute Gasteiger partial charge is 0.318 e. The molecule has 3 nitrogen and oxygen atoms in total. The van der Waals surface area contributed by atoms with Crippen molar-refractivity contribution in [1.82, 2.24) is 10.2 Å². The Morgan fingerprint density at radius 3 is 2.29 bits per heavy atom. The molecule has 1 aliphatic carbocycles. The number of alkyl halides is 4. The van der Waals surface area contributed by atoms with Gasteiger partial charge in [-0.2, -0.15) is 0 Å². The van der Waals surface area contributed by atoms with E-state index in [-0.39, 0.29) is 12.1 Å². The van der Waals surface area contributed by atoms with Crippen molar-refractivity contribution in [2.75, 3.05) is 7.05 Å². The first kappa shape index (κ1) is 15.5. The van der Waals surface area contributed by atoms with Gasteiger partial charge >= 0.3 is 6.03 Å². The fourth-order valence-electron chi connectivity index (χ4n) is 1.85. The standard InChI is InChI=1S/C10H16Cl4N2O/c1-16(8(11)10(12,13)14)9(17)15-7-5-3-2-4-6-7/h7-8H,2-6H2,1H3,(H,15,17). The highest BCUT2D eigenvalue weighted by Crippen LogP contribution is 2.35. The van der Waals surface area contributed by atoms with Gasteiger partial charge in [0.15, 0.2) is 5.50 Å². The Balaban J connectivity index is 2.46. The Hall–Kier alpha value is 0.430. The molecule has 0 bridgehead atoms. The quantitative estimate of drug-likeness (QED) is 0.607. The van der Waals surface area contributed by atoms with E-state index >= 15 is 0 Å². The molecule has 1 aliphatic rings. The molecule has 1 fully saturated rings. The maximum atomic E-state index is 11.9. The third kappa shape index (κ3) is 4.90. The lowest BCUT2D eigenvalue weighted by Crippen LogP contribution is -2.49. The van der Waals surface area contributed by atoms with E-state index in [0.29, 0.717) is 0 Å². The Bertz CT molecular complexity index is 264. The SMILES string of the molecule is CN(C(=O)NC1CCCCC1)C(Cl)C(Cl)(Cl)Cl. The average molecular weight is 322 g/mol. The van der Waals surface area contributed by atoms with Gasteiger partial charge in [0.25, 0.3) is 0 Å². The summed E-state index contributed by atoms with van der Waals surface area (Å²) in [6.45, 7) is 0. The molecule has 17 heavy (non-hydrogen) atoms. The van der Waals surface area contributed by atoms with E-state index in [4.69, 9.17) is 46.4 Å². The van der Waals surface area contributed by atoms with Crippen LogP contribution in [0.3, 0.4) is 0 Å². The lowest BCUT2D eigenvalue weighted by atomic mass is 9.96. The topological polar surface area (TPSA) is 32.3 Å². The number of urea groups is 1. The first-order chi connectivity index (χ1) is 7.82. The van der Waals surface area contributed by atoms with Crippen molar-refractivity contribution in [3.05, 3.63) is 0 Å². The van der Waals surface area contributed by atoms with Crippen LogP contribution in [0.5, 0.6) is 0 Å². The van der Waals surface area contributed by atoms with Gasteiger partial charge in [0, 0.05) is 13.1 Å². The van der Waals surface area contributed by atoms with Crippen LogP contribution in [-0.2, 0) is 0 Å². The molecule has 1 rings (SSSR count). The Kier molecular flexibility index (Phi) is 5.97. The first-order valence-electron chi connectivity index (χ1n) is 5.56. The lowest BCUT2D eigenvalue weighted by molar-refractivity contribution is 0.196. The van der Waals surface area contributed by atoms with Gasteiger partial charge in [0.1, 0.15) is 0 Å². The van der Waals surface area contributed by atoms with Crippen molar-refractivity contribution >= 4 is 52.4 Å². The summed E-state index contributed by atoms with van der Waals surface area (Å²) in [5.41, 5.74) is -0.990. The number of nitrogens with one attached hydrogen (secondary N) is 1. The molecule has 1 N–H and O–H groups in total. The second kappa shape index (κ2) is 6.55. The molecule has 1 saturated carbocycles. The molecule has 0 saturated heterocycles. The fraction of sp³-hybridized carbons (Fsp3) is 0.900. The zero-order valence-corrected chi connectivity index (χ0v) is 12.6. The van der Waals surface area contributed by atoms with Crippen LogP contribution in [0.15, 0.2) is 0 Å². The molecule has 0 aromatic carbocycles. The van der Waals surface area contributed by atoms with Crippen LogP contribution in [-0.4, -0.2) is 33.3 Å². The summed E-state index contributed by atoms with van der Waals surface area (Å²) in [6, 6.07) is -0.0961. The molecule has 0 heterocycles. The minimum absolute atomic E-state index is 0.206. The number of hydrogen-bond donors (Lipinski definition) is 1. The summed E-state index contributed by atoms with van der Waals surface area (Å²) < 4.78 is -1.69. The second-order valence-electron chi connectivity index (χ2n) is 4.27. The van der Waals surface area contributed by atoms with Crippen molar-refractivity contribution in [1.29, 1.82) is 0 Å². The minimum Gasteiger partial charge on any atom is -0.335 e. The maximum absolute atomic E-state index is 11.9. The van der Waals surface area contributed by atoms with Gasteiger partial charge in [-0.3, -0.25) is 0 Å². The highest BCUT2D eigenvalue weighted by molar-refractivity contribution is 6.70.